The van der Waals surface area contributed by atoms with Gasteiger partial charge in [0.2, 0.25) is 0 Å². The summed E-state index contributed by atoms with van der Waals surface area (Å²) in [6, 6.07) is 8.13. The number of nitrogens with one attached hydrogen (secondary N) is 1. The topological polar surface area (TPSA) is 46.9 Å². The Hall–Kier alpha value is -2.14. The lowest BCUT2D eigenvalue weighted by Gasteiger charge is -2.10. The molecule has 1 N–H and O–H groups in total. The summed E-state index contributed by atoms with van der Waals surface area (Å²) in [5.41, 5.74) is 4.24. The molecule has 3 aromatic rings. The summed E-state index contributed by atoms with van der Waals surface area (Å²) in [7, 11) is 0. The summed E-state index contributed by atoms with van der Waals surface area (Å²) in [6.45, 7) is 5.35. The third-order valence-corrected chi connectivity index (χ3v) is 4.61. The van der Waals surface area contributed by atoms with Crippen molar-refractivity contribution in [2.24, 2.45) is 0 Å². The molecule has 0 spiro atoms. The number of hydrogen-bond donors (Lipinski definition) is 1. The number of anilines is 1. The van der Waals surface area contributed by atoms with Crippen molar-refractivity contribution in [1.29, 1.82) is 0 Å². The Balaban J connectivity index is 1.75. The lowest BCUT2D eigenvalue weighted by Crippen LogP contribution is -2.23. The van der Waals surface area contributed by atoms with Crippen LogP contribution in [0.15, 0.2) is 40.8 Å². The van der Waals surface area contributed by atoms with E-state index in [1.807, 2.05) is 30.5 Å². The van der Waals surface area contributed by atoms with Gasteiger partial charge in [0.05, 0.1) is 11.8 Å². The van der Waals surface area contributed by atoms with Crippen LogP contribution in [-0.4, -0.2) is 16.1 Å². The van der Waals surface area contributed by atoms with Crippen LogP contribution in [0.4, 0.5) is 5.69 Å². The molecule has 0 saturated carbocycles. The lowest BCUT2D eigenvalue weighted by atomic mass is 10.2. The minimum absolute atomic E-state index is 0.0460. The summed E-state index contributed by atoms with van der Waals surface area (Å²) < 4.78 is 2.41. The van der Waals surface area contributed by atoms with Crippen LogP contribution in [0.2, 0.25) is 0 Å². The maximum absolute atomic E-state index is 12.4. The first kappa shape index (κ1) is 13.8. The van der Waals surface area contributed by atoms with Crippen molar-refractivity contribution in [1.82, 2.24) is 9.55 Å². The van der Waals surface area contributed by atoms with Crippen LogP contribution in [0.5, 0.6) is 0 Å². The molecule has 21 heavy (non-hydrogen) atoms. The largest absolute Gasteiger partial charge is 0.383 e. The Labute approximate surface area is 127 Å². The molecule has 4 nitrogen and oxygen atoms in total. The predicted molar refractivity (Wildman–Crippen MR) is 88.3 cm³/mol. The highest BCUT2D eigenvalue weighted by Crippen LogP contribution is 2.19. The number of thiophene rings is 1. The molecular weight excluding hydrogens is 282 g/mol. The zero-order valence-electron chi connectivity index (χ0n) is 12.1. The number of para-hydroxylation sites is 1. The molecule has 3 rings (SSSR count). The molecule has 0 aliphatic rings. The van der Waals surface area contributed by atoms with Crippen molar-refractivity contribution in [3.63, 3.8) is 0 Å². The van der Waals surface area contributed by atoms with Gasteiger partial charge in [-0.3, -0.25) is 9.36 Å². The molecule has 5 heteroatoms. The normalized spacial score (nSPS) is 11.0. The van der Waals surface area contributed by atoms with E-state index in [1.54, 1.807) is 10.9 Å². The zero-order valence-corrected chi connectivity index (χ0v) is 12.9. The number of benzene rings is 1. The fourth-order valence-corrected chi connectivity index (χ4v) is 3.25. The minimum atomic E-state index is 0.0460. The first-order valence-electron chi connectivity index (χ1n) is 6.89. The second-order valence-electron chi connectivity index (χ2n) is 5.08. The van der Waals surface area contributed by atoms with Crippen LogP contribution in [0.3, 0.4) is 0 Å². The molecular formula is C16H17N3OS. The van der Waals surface area contributed by atoms with E-state index in [-0.39, 0.29) is 5.56 Å². The zero-order chi connectivity index (χ0) is 14.8. The summed E-state index contributed by atoms with van der Waals surface area (Å²) in [5, 5.41) is 5.34. The molecule has 1 aromatic carbocycles. The summed E-state index contributed by atoms with van der Waals surface area (Å²) in [6.07, 6.45) is 1.64. The molecule has 108 valence electrons. The van der Waals surface area contributed by atoms with Crippen LogP contribution >= 0.6 is 11.3 Å². The van der Waals surface area contributed by atoms with Gasteiger partial charge < -0.3 is 5.32 Å². The van der Waals surface area contributed by atoms with Crippen molar-refractivity contribution in [2.45, 2.75) is 20.4 Å². The molecule has 2 heterocycles. The van der Waals surface area contributed by atoms with Crippen LogP contribution in [0, 0.1) is 13.8 Å². The van der Waals surface area contributed by atoms with Gasteiger partial charge in [0.15, 0.2) is 0 Å². The fraction of sp³-hybridized carbons (Fsp3) is 0.250. The van der Waals surface area contributed by atoms with Gasteiger partial charge in [0.25, 0.3) is 5.56 Å². The van der Waals surface area contributed by atoms with E-state index in [2.05, 4.69) is 23.3 Å². The molecule has 0 atom stereocenters. The first-order chi connectivity index (χ1) is 10.2. The summed E-state index contributed by atoms with van der Waals surface area (Å²) in [5.74, 6) is 0. The number of rotatable bonds is 4. The third-order valence-electron chi connectivity index (χ3n) is 3.54. The van der Waals surface area contributed by atoms with Gasteiger partial charge >= 0.3 is 0 Å². The maximum Gasteiger partial charge on any atom is 0.271 e. The van der Waals surface area contributed by atoms with E-state index < -0.39 is 0 Å². The second-order valence-corrected chi connectivity index (χ2v) is 5.96. The van der Waals surface area contributed by atoms with E-state index in [1.165, 1.54) is 16.9 Å². The van der Waals surface area contributed by atoms with Crippen LogP contribution in [-0.2, 0) is 6.54 Å². The van der Waals surface area contributed by atoms with E-state index in [0.717, 1.165) is 21.5 Å². The number of aromatic nitrogens is 2. The number of aryl methyl sites for hydroxylation is 2. The second kappa shape index (κ2) is 5.69. The molecule has 0 unspecified atom stereocenters. The summed E-state index contributed by atoms with van der Waals surface area (Å²) >= 11 is 1.47. The molecule has 0 radical (unpaired) electrons. The minimum Gasteiger partial charge on any atom is -0.383 e. The predicted octanol–water partition coefficient (Wildman–Crippen LogP) is 3.19. The fourth-order valence-electron chi connectivity index (χ4n) is 2.30. The Bertz CT molecular complexity index is 835. The molecule has 0 aliphatic heterocycles. The molecule has 0 aliphatic carbocycles. The van der Waals surface area contributed by atoms with Crippen molar-refractivity contribution in [2.75, 3.05) is 11.9 Å². The Morgan fingerprint density at radius 3 is 2.86 bits per heavy atom. The smallest absolute Gasteiger partial charge is 0.271 e. The first-order valence-corrected chi connectivity index (χ1v) is 7.77. The number of hydrogen-bond acceptors (Lipinski definition) is 4. The van der Waals surface area contributed by atoms with Gasteiger partial charge in [-0.1, -0.05) is 18.2 Å². The van der Waals surface area contributed by atoms with Crippen LogP contribution in [0.25, 0.3) is 10.2 Å². The quantitative estimate of drug-likeness (QED) is 0.805. The number of fused-ring (bicyclic) bond motifs is 1. The molecule has 2 aromatic heterocycles. The Kier molecular flexibility index (Phi) is 3.75. The van der Waals surface area contributed by atoms with Crippen molar-refractivity contribution in [3.8, 4) is 0 Å². The highest BCUT2D eigenvalue weighted by Gasteiger charge is 2.08. The van der Waals surface area contributed by atoms with E-state index in [9.17, 15) is 4.79 Å². The van der Waals surface area contributed by atoms with E-state index in [0.29, 0.717) is 13.1 Å². The average molecular weight is 299 g/mol. The van der Waals surface area contributed by atoms with E-state index >= 15 is 0 Å². The Morgan fingerprint density at radius 1 is 1.24 bits per heavy atom. The Morgan fingerprint density at radius 2 is 2.05 bits per heavy atom. The third kappa shape index (κ3) is 2.69. The summed E-state index contributed by atoms with van der Waals surface area (Å²) in [4.78, 5) is 16.7. The van der Waals surface area contributed by atoms with Crippen molar-refractivity contribution < 1.29 is 0 Å². The molecule has 0 bridgehead atoms. The SMILES string of the molecule is Cc1ccccc1NCCn1cnc2c(C)csc2c1=O. The van der Waals surface area contributed by atoms with Gasteiger partial charge in [-0.15, -0.1) is 11.3 Å². The van der Waals surface area contributed by atoms with Crippen LogP contribution < -0.4 is 10.9 Å². The van der Waals surface area contributed by atoms with Gasteiger partial charge in [0, 0.05) is 18.8 Å². The number of nitrogens with zero attached hydrogens (tertiary/aromatic N) is 2. The van der Waals surface area contributed by atoms with Gasteiger partial charge in [-0.2, -0.15) is 0 Å². The highest BCUT2D eigenvalue weighted by molar-refractivity contribution is 7.17. The van der Waals surface area contributed by atoms with Crippen LogP contribution in [0.1, 0.15) is 11.1 Å². The average Bonchev–Trinajstić information content (AvgIpc) is 2.86. The molecule has 0 fully saturated rings. The maximum atomic E-state index is 12.4. The van der Waals surface area contributed by atoms with Crippen molar-refractivity contribution >= 4 is 27.2 Å². The lowest BCUT2D eigenvalue weighted by molar-refractivity contribution is 0.690. The van der Waals surface area contributed by atoms with E-state index in [4.69, 9.17) is 0 Å². The standard InChI is InChI=1S/C16H17N3OS/c1-11-5-3-4-6-13(11)17-7-8-19-10-18-14-12(2)9-21-15(14)16(19)20/h3-6,9-10,17H,7-8H2,1-2H3. The monoisotopic (exact) mass is 299 g/mol. The van der Waals surface area contributed by atoms with Gasteiger partial charge in [0.1, 0.15) is 4.70 Å². The highest BCUT2D eigenvalue weighted by atomic mass is 32.1. The van der Waals surface area contributed by atoms with Gasteiger partial charge in [-0.05, 0) is 36.4 Å². The van der Waals surface area contributed by atoms with Gasteiger partial charge in [-0.25, -0.2) is 4.98 Å². The molecule has 0 amide bonds. The molecule has 0 saturated heterocycles. The van der Waals surface area contributed by atoms with Crippen molar-refractivity contribution in [3.05, 3.63) is 57.5 Å².